The number of ether oxygens (including phenoxy) is 1. The van der Waals surface area contributed by atoms with Crippen molar-refractivity contribution in [1.29, 1.82) is 0 Å². The molecule has 0 bridgehead atoms. The second-order valence-electron chi connectivity index (χ2n) is 7.65. The predicted molar refractivity (Wildman–Crippen MR) is 95.0 cm³/mol. The summed E-state index contributed by atoms with van der Waals surface area (Å²) in [5, 5.41) is 8.88. The first kappa shape index (κ1) is 23.1. The van der Waals surface area contributed by atoms with E-state index in [0.717, 1.165) is 58.2 Å². The summed E-state index contributed by atoms with van der Waals surface area (Å²) in [6.07, 6.45) is 7.98. The molecule has 0 rings (SSSR count). The summed E-state index contributed by atoms with van der Waals surface area (Å²) in [5.74, 6) is 0. The van der Waals surface area contributed by atoms with Gasteiger partial charge in [0.15, 0.2) is 0 Å². The average Bonchev–Trinajstić information content (AvgIpc) is 2.42. The fraction of sp³-hybridized carbons (Fsp3) is 1.00. The number of aliphatic hydroxyl groups is 1. The van der Waals surface area contributed by atoms with Crippen molar-refractivity contribution in [2.45, 2.75) is 84.7 Å². The standard InChI is InChI=1S/C17H37O5P/c1-16(2,11-9-13-18)10-5-7-14-21-15-8-6-12-17(3,4)22-23(19)20/h18,23H,5-15H2,1-4H3,(H,19,20). The maximum Gasteiger partial charge on any atom is 0.317 e. The zero-order valence-corrected chi connectivity index (χ0v) is 16.4. The molecule has 0 aliphatic heterocycles. The third kappa shape index (κ3) is 15.3. The molecule has 0 spiro atoms. The highest BCUT2D eigenvalue weighted by Crippen LogP contribution is 2.30. The fourth-order valence-electron chi connectivity index (χ4n) is 2.63. The molecule has 0 aromatic carbocycles. The van der Waals surface area contributed by atoms with Crippen molar-refractivity contribution in [3.05, 3.63) is 0 Å². The lowest BCUT2D eigenvalue weighted by Crippen LogP contribution is -2.21. The lowest BCUT2D eigenvalue weighted by molar-refractivity contribution is 0.0823. The van der Waals surface area contributed by atoms with Crippen molar-refractivity contribution < 1.29 is 23.8 Å². The quantitative estimate of drug-likeness (QED) is 0.339. The van der Waals surface area contributed by atoms with E-state index in [2.05, 4.69) is 13.8 Å². The number of aliphatic hydroxyl groups excluding tert-OH is 1. The molecule has 0 aliphatic rings. The molecule has 23 heavy (non-hydrogen) atoms. The van der Waals surface area contributed by atoms with Gasteiger partial charge in [-0.15, -0.1) is 0 Å². The van der Waals surface area contributed by atoms with Gasteiger partial charge in [0.05, 0.1) is 5.60 Å². The second kappa shape index (κ2) is 12.4. The Labute approximate surface area is 142 Å². The maximum absolute atomic E-state index is 10.7. The molecule has 0 saturated carbocycles. The topological polar surface area (TPSA) is 76.0 Å². The van der Waals surface area contributed by atoms with Crippen LogP contribution in [0.3, 0.4) is 0 Å². The zero-order chi connectivity index (χ0) is 17.8. The van der Waals surface area contributed by atoms with Gasteiger partial charge in [-0.25, -0.2) is 0 Å². The molecule has 0 aromatic rings. The van der Waals surface area contributed by atoms with Crippen molar-refractivity contribution in [2.75, 3.05) is 19.8 Å². The van der Waals surface area contributed by atoms with Crippen LogP contribution in [0.15, 0.2) is 0 Å². The molecule has 0 aromatic heterocycles. The summed E-state index contributed by atoms with van der Waals surface area (Å²) in [7, 11) is -2.86. The van der Waals surface area contributed by atoms with E-state index in [9.17, 15) is 4.57 Å². The lowest BCUT2D eigenvalue weighted by Gasteiger charge is -2.24. The monoisotopic (exact) mass is 352 g/mol. The highest BCUT2D eigenvalue weighted by molar-refractivity contribution is 7.32. The Morgan fingerprint density at radius 1 is 0.870 bits per heavy atom. The molecule has 0 radical (unpaired) electrons. The van der Waals surface area contributed by atoms with Gasteiger partial charge in [-0.3, -0.25) is 4.57 Å². The average molecular weight is 352 g/mol. The molecular formula is C17H37O5P. The summed E-state index contributed by atoms with van der Waals surface area (Å²) in [4.78, 5) is 8.80. The minimum atomic E-state index is -2.86. The van der Waals surface area contributed by atoms with Crippen LogP contribution in [-0.4, -0.2) is 35.4 Å². The van der Waals surface area contributed by atoms with E-state index in [4.69, 9.17) is 19.3 Å². The van der Waals surface area contributed by atoms with E-state index < -0.39 is 13.9 Å². The first-order valence-corrected chi connectivity index (χ1v) is 10.1. The van der Waals surface area contributed by atoms with Gasteiger partial charge in [0.2, 0.25) is 0 Å². The molecule has 0 amide bonds. The van der Waals surface area contributed by atoms with Crippen molar-refractivity contribution in [2.24, 2.45) is 5.41 Å². The summed E-state index contributed by atoms with van der Waals surface area (Å²) in [6, 6.07) is 0. The number of rotatable bonds is 15. The summed E-state index contributed by atoms with van der Waals surface area (Å²) >= 11 is 0. The van der Waals surface area contributed by atoms with Crippen LogP contribution < -0.4 is 0 Å². The van der Waals surface area contributed by atoms with Gasteiger partial charge < -0.3 is 19.3 Å². The van der Waals surface area contributed by atoms with E-state index in [1.54, 1.807) is 0 Å². The van der Waals surface area contributed by atoms with Crippen molar-refractivity contribution >= 4 is 8.25 Å². The molecule has 0 heterocycles. The predicted octanol–water partition coefficient (Wildman–Crippen LogP) is 4.32. The zero-order valence-electron chi connectivity index (χ0n) is 15.4. The van der Waals surface area contributed by atoms with Crippen LogP contribution in [0.4, 0.5) is 0 Å². The lowest BCUT2D eigenvalue weighted by atomic mass is 9.83. The Bertz CT molecular complexity index is 318. The third-order valence-corrected chi connectivity index (χ3v) is 4.81. The van der Waals surface area contributed by atoms with E-state index in [1.165, 1.54) is 6.42 Å². The Kier molecular flexibility index (Phi) is 12.5. The second-order valence-corrected chi connectivity index (χ2v) is 8.38. The molecule has 1 atom stereocenters. The molecular weight excluding hydrogens is 315 g/mol. The normalized spacial score (nSPS) is 14.2. The first-order chi connectivity index (χ1) is 10.7. The van der Waals surface area contributed by atoms with Crippen LogP contribution in [0.1, 0.15) is 79.1 Å². The van der Waals surface area contributed by atoms with E-state index in [0.29, 0.717) is 5.41 Å². The molecule has 140 valence electrons. The largest absolute Gasteiger partial charge is 0.396 e. The van der Waals surface area contributed by atoms with Crippen LogP contribution >= 0.6 is 8.25 Å². The molecule has 1 unspecified atom stereocenters. The summed E-state index contributed by atoms with van der Waals surface area (Å²) < 4.78 is 21.3. The van der Waals surface area contributed by atoms with Crippen LogP contribution in [0, 0.1) is 5.41 Å². The highest BCUT2D eigenvalue weighted by Gasteiger charge is 2.20. The fourth-order valence-corrected chi connectivity index (χ4v) is 3.21. The molecule has 0 aliphatic carbocycles. The van der Waals surface area contributed by atoms with Crippen LogP contribution in [0.2, 0.25) is 0 Å². The molecule has 6 heteroatoms. The molecule has 0 fully saturated rings. The molecule has 5 nitrogen and oxygen atoms in total. The minimum Gasteiger partial charge on any atom is -0.396 e. The van der Waals surface area contributed by atoms with Crippen molar-refractivity contribution in [1.82, 2.24) is 0 Å². The van der Waals surface area contributed by atoms with Gasteiger partial charge in [0.25, 0.3) is 0 Å². The van der Waals surface area contributed by atoms with E-state index in [-0.39, 0.29) is 6.61 Å². The first-order valence-electron chi connectivity index (χ1n) is 8.79. The molecule has 2 N–H and O–H groups in total. The van der Waals surface area contributed by atoms with Gasteiger partial charge in [-0.05, 0) is 64.2 Å². The van der Waals surface area contributed by atoms with Crippen molar-refractivity contribution in [3.63, 3.8) is 0 Å². The summed E-state index contributed by atoms with van der Waals surface area (Å²) in [5.41, 5.74) is -0.228. The Morgan fingerprint density at radius 2 is 1.39 bits per heavy atom. The minimum absolute atomic E-state index is 0.282. The highest BCUT2D eigenvalue weighted by atomic mass is 31.1. The van der Waals surface area contributed by atoms with Gasteiger partial charge in [0.1, 0.15) is 0 Å². The van der Waals surface area contributed by atoms with Gasteiger partial charge in [-0.1, -0.05) is 20.3 Å². The van der Waals surface area contributed by atoms with E-state index in [1.807, 2.05) is 13.8 Å². The third-order valence-electron chi connectivity index (χ3n) is 4.09. The van der Waals surface area contributed by atoms with Crippen LogP contribution in [0.5, 0.6) is 0 Å². The number of hydrogen-bond donors (Lipinski definition) is 2. The Hall–Kier alpha value is 0.0700. The Morgan fingerprint density at radius 3 is 1.91 bits per heavy atom. The maximum atomic E-state index is 10.7. The number of hydrogen-bond acceptors (Lipinski definition) is 4. The van der Waals surface area contributed by atoms with Gasteiger partial charge in [-0.2, -0.15) is 0 Å². The van der Waals surface area contributed by atoms with Crippen molar-refractivity contribution in [3.8, 4) is 0 Å². The molecule has 0 saturated heterocycles. The van der Waals surface area contributed by atoms with Crippen LogP contribution in [-0.2, 0) is 13.8 Å². The SMILES string of the molecule is CC(C)(CCCO)CCCCOCCCCC(C)(C)O[PH](=O)O. The van der Waals surface area contributed by atoms with Gasteiger partial charge >= 0.3 is 8.25 Å². The van der Waals surface area contributed by atoms with E-state index >= 15 is 0 Å². The Balaban J connectivity index is 3.48. The summed E-state index contributed by atoms with van der Waals surface area (Å²) in [6.45, 7) is 10.0. The van der Waals surface area contributed by atoms with Gasteiger partial charge in [0, 0.05) is 19.8 Å². The van der Waals surface area contributed by atoms with Crippen LogP contribution in [0.25, 0.3) is 0 Å². The number of unbranched alkanes of at least 4 members (excludes halogenated alkanes) is 2. The smallest absolute Gasteiger partial charge is 0.317 e.